The number of amides is 1. The van der Waals surface area contributed by atoms with Gasteiger partial charge in [0.25, 0.3) is 10.0 Å². The Morgan fingerprint density at radius 2 is 1.54 bits per heavy atom. The predicted molar refractivity (Wildman–Crippen MR) is 141 cm³/mol. The molecule has 3 aromatic carbocycles. The summed E-state index contributed by atoms with van der Waals surface area (Å²) in [5, 5.41) is 0. The van der Waals surface area contributed by atoms with Crippen LogP contribution >= 0.6 is 0 Å². The first-order chi connectivity index (χ1) is 16.9. The molecule has 1 saturated heterocycles. The molecule has 1 aliphatic heterocycles. The Bertz CT molecular complexity index is 1230. The maximum absolute atomic E-state index is 13.7. The quantitative estimate of drug-likeness (QED) is 0.434. The zero-order valence-corrected chi connectivity index (χ0v) is 21.4. The Balaban J connectivity index is 1.52. The summed E-state index contributed by atoms with van der Waals surface area (Å²) >= 11 is 0. The van der Waals surface area contributed by atoms with Gasteiger partial charge in [-0.3, -0.25) is 9.10 Å². The molecule has 0 N–H and O–H groups in total. The van der Waals surface area contributed by atoms with Gasteiger partial charge in [-0.1, -0.05) is 73.2 Å². The predicted octanol–water partition coefficient (Wildman–Crippen LogP) is 5.23. The Hall–Kier alpha value is -3.12. The minimum atomic E-state index is -3.90. The maximum Gasteiger partial charge on any atom is 0.264 e. The smallest absolute Gasteiger partial charge is 0.264 e. The standard InChI is InChI=1S/C29H34N2O3S/c1-3-26-11-7-8-12-28(26)31(35(33,34)27-15-13-23(2)14-16-27)22-29(32)30-19-17-25(18-20-30)21-24-9-5-4-6-10-24/h4-16,25H,3,17-22H2,1-2H3. The molecule has 0 atom stereocenters. The van der Waals surface area contributed by atoms with E-state index in [1.54, 1.807) is 30.3 Å². The molecule has 3 aromatic rings. The van der Waals surface area contributed by atoms with Crippen molar-refractivity contribution in [2.45, 2.75) is 44.4 Å². The maximum atomic E-state index is 13.7. The molecule has 184 valence electrons. The highest BCUT2D eigenvalue weighted by atomic mass is 32.2. The molecule has 4 rings (SSSR count). The van der Waals surface area contributed by atoms with Gasteiger partial charge in [-0.15, -0.1) is 0 Å². The Kier molecular flexibility index (Phi) is 7.91. The third-order valence-corrected chi connectivity index (χ3v) is 8.64. The lowest BCUT2D eigenvalue weighted by Crippen LogP contribution is -2.46. The molecule has 1 amide bonds. The summed E-state index contributed by atoms with van der Waals surface area (Å²) in [5.74, 6) is 0.388. The van der Waals surface area contributed by atoms with Gasteiger partial charge in [0, 0.05) is 13.1 Å². The zero-order valence-electron chi connectivity index (χ0n) is 20.6. The van der Waals surface area contributed by atoms with E-state index < -0.39 is 10.0 Å². The van der Waals surface area contributed by atoms with Crippen LogP contribution in [0.4, 0.5) is 5.69 Å². The van der Waals surface area contributed by atoms with Crippen LogP contribution in [0.2, 0.25) is 0 Å². The van der Waals surface area contributed by atoms with Gasteiger partial charge in [0.2, 0.25) is 5.91 Å². The monoisotopic (exact) mass is 490 g/mol. The number of anilines is 1. The molecule has 0 radical (unpaired) electrons. The lowest BCUT2D eigenvalue weighted by Gasteiger charge is -2.34. The molecule has 35 heavy (non-hydrogen) atoms. The van der Waals surface area contributed by atoms with Gasteiger partial charge >= 0.3 is 0 Å². The van der Waals surface area contributed by atoms with Crippen molar-refractivity contribution in [3.8, 4) is 0 Å². The van der Waals surface area contributed by atoms with Crippen molar-refractivity contribution < 1.29 is 13.2 Å². The second-order valence-electron chi connectivity index (χ2n) is 9.32. The van der Waals surface area contributed by atoms with Crippen molar-refractivity contribution >= 4 is 21.6 Å². The van der Waals surface area contributed by atoms with Crippen molar-refractivity contribution in [2.24, 2.45) is 5.92 Å². The lowest BCUT2D eigenvalue weighted by molar-refractivity contribution is -0.130. The van der Waals surface area contributed by atoms with E-state index in [4.69, 9.17) is 0 Å². The van der Waals surface area contributed by atoms with Gasteiger partial charge in [0.15, 0.2) is 0 Å². The van der Waals surface area contributed by atoms with Crippen molar-refractivity contribution in [1.82, 2.24) is 4.90 Å². The van der Waals surface area contributed by atoms with E-state index in [0.717, 1.165) is 30.4 Å². The molecule has 0 spiro atoms. The first kappa shape index (κ1) is 25.0. The number of hydrogen-bond donors (Lipinski definition) is 0. The molecular weight excluding hydrogens is 456 g/mol. The molecule has 1 fully saturated rings. The number of likely N-dealkylation sites (tertiary alicyclic amines) is 1. The normalized spacial score (nSPS) is 14.6. The first-order valence-corrected chi connectivity index (χ1v) is 13.8. The summed E-state index contributed by atoms with van der Waals surface area (Å²) in [5.41, 5.74) is 3.78. The number of piperidine rings is 1. The zero-order chi connectivity index (χ0) is 24.8. The molecule has 5 nitrogen and oxygen atoms in total. The third kappa shape index (κ3) is 5.93. The summed E-state index contributed by atoms with van der Waals surface area (Å²) in [4.78, 5) is 15.4. The molecule has 0 unspecified atom stereocenters. The fraction of sp³-hybridized carbons (Fsp3) is 0.345. The van der Waals surface area contributed by atoms with E-state index in [1.807, 2.05) is 43.0 Å². The summed E-state index contributed by atoms with van der Waals surface area (Å²) in [6.07, 6.45) is 3.55. The topological polar surface area (TPSA) is 57.7 Å². The van der Waals surface area contributed by atoms with Crippen LogP contribution in [-0.4, -0.2) is 38.9 Å². The number of hydrogen-bond acceptors (Lipinski definition) is 3. The Labute approximate surface area is 209 Å². The van der Waals surface area contributed by atoms with Crippen molar-refractivity contribution in [3.05, 3.63) is 95.6 Å². The molecular formula is C29H34N2O3S. The number of carbonyl (C=O) groups excluding carboxylic acids is 1. The van der Waals surface area contributed by atoms with E-state index in [0.29, 0.717) is 31.1 Å². The van der Waals surface area contributed by atoms with Gasteiger partial charge in [-0.2, -0.15) is 0 Å². The number of nitrogens with zero attached hydrogens (tertiary/aromatic N) is 2. The number of benzene rings is 3. The Morgan fingerprint density at radius 1 is 0.914 bits per heavy atom. The third-order valence-electron chi connectivity index (χ3n) is 6.86. The van der Waals surface area contributed by atoms with Crippen LogP contribution < -0.4 is 4.31 Å². The van der Waals surface area contributed by atoms with E-state index in [9.17, 15) is 13.2 Å². The van der Waals surface area contributed by atoms with Crippen molar-refractivity contribution in [1.29, 1.82) is 0 Å². The first-order valence-electron chi connectivity index (χ1n) is 12.4. The Morgan fingerprint density at radius 3 is 2.20 bits per heavy atom. The van der Waals surface area contributed by atoms with Gasteiger partial charge in [-0.25, -0.2) is 8.42 Å². The fourth-order valence-electron chi connectivity index (χ4n) is 4.75. The highest BCUT2D eigenvalue weighted by Crippen LogP contribution is 2.29. The largest absolute Gasteiger partial charge is 0.341 e. The van der Waals surface area contributed by atoms with E-state index in [1.165, 1.54) is 9.87 Å². The van der Waals surface area contributed by atoms with Crippen molar-refractivity contribution in [2.75, 3.05) is 23.9 Å². The number of rotatable bonds is 8. The molecule has 6 heteroatoms. The average molecular weight is 491 g/mol. The summed E-state index contributed by atoms with van der Waals surface area (Å²) in [6.45, 7) is 5.03. The fourth-order valence-corrected chi connectivity index (χ4v) is 6.20. The molecule has 0 aliphatic carbocycles. The van der Waals surface area contributed by atoms with Gasteiger partial charge in [0.1, 0.15) is 6.54 Å². The highest BCUT2D eigenvalue weighted by Gasteiger charge is 2.31. The van der Waals surface area contributed by atoms with Crippen LogP contribution in [-0.2, 0) is 27.7 Å². The number of aryl methyl sites for hydroxylation is 2. The minimum absolute atomic E-state index is 0.148. The summed E-state index contributed by atoms with van der Waals surface area (Å²) in [7, 11) is -3.90. The molecule has 0 saturated carbocycles. The molecule has 0 aromatic heterocycles. The highest BCUT2D eigenvalue weighted by molar-refractivity contribution is 7.92. The van der Waals surface area contributed by atoms with Gasteiger partial charge in [-0.05, 0) is 67.9 Å². The van der Waals surface area contributed by atoms with Crippen LogP contribution in [0, 0.1) is 12.8 Å². The minimum Gasteiger partial charge on any atom is -0.341 e. The number of sulfonamides is 1. The van der Waals surface area contributed by atoms with Crippen LogP contribution in [0.5, 0.6) is 0 Å². The molecule has 1 aliphatic rings. The van der Waals surface area contributed by atoms with Crippen LogP contribution in [0.1, 0.15) is 36.5 Å². The van der Waals surface area contributed by atoms with E-state index in [-0.39, 0.29) is 17.3 Å². The molecule has 1 heterocycles. The number of carbonyl (C=O) groups is 1. The summed E-state index contributed by atoms with van der Waals surface area (Å²) in [6, 6.07) is 24.7. The van der Waals surface area contributed by atoms with Crippen molar-refractivity contribution in [3.63, 3.8) is 0 Å². The van der Waals surface area contributed by atoms with Crippen LogP contribution in [0.3, 0.4) is 0 Å². The molecule has 0 bridgehead atoms. The summed E-state index contributed by atoms with van der Waals surface area (Å²) < 4.78 is 28.8. The second-order valence-corrected chi connectivity index (χ2v) is 11.2. The lowest BCUT2D eigenvalue weighted by atomic mass is 9.90. The second kappa shape index (κ2) is 11.1. The van der Waals surface area contributed by atoms with Gasteiger partial charge in [0.05, 0.1) is 10.6 Å². The van der Waals surface area contributed by atoms with Crippen LogP contribution in [0.15, 0.2) is 83.8 Å². The van der Waals surface area contributed by atoms with E-state index >= 15 is 0 Å². The SMILES string of the molecule is CCc1ccccc1N(CC(=O)N1CCC(Cc2ccccc2)CC1)S(=O)(=O)c1ccc(C)cc1. The van der Waals surface area contributed by atoms with Gasteiger partial charge < -0.3 is 4.90 Å². The average Bonchev–Trinajstić information content (AvgIpc) is 2.88. The van der Waals surface area contributed by atoms with E-state index in [2.05, 4.69) is 24.3 Å². The van der Waals surface area contributed by atoms with Crippen LogP contribution in [0.25, 0.3) is 0 Å². The number of para-hydroxylation sites is 1.